The minimum atomic E-state index is -0.320. The number of hydrogen-bond donors (Lipinski definition) is 2. The number of hydrogen-bond acceptors (Lipinski definition) is 5. The van der Waals surface area contributed by atoms with Crippen molar-refractivity contribution in [1.29, 1.82) is 0 Å². The fourth-order valence-electron chi connectivity index (χ4n) is 2.44. The van der Waals surface area contributed by atoms with Crippen LogP contribution < -0.4 is 11.3 Å². The third-order valence-corrected chi connectivity index (χ3v) is 3.93. The minimum Gasteiger partial charge on any atom is -0.467 e. The summed E-state index contributed by atoms with van der Waals surface area (Å²) in [6.45, 7) is 4.30. The number of furan rings is 1. The number of nitrogens with zero attached hydrogens (tertiary/aromatic N) is 1. The molecule has 0 radical (unpaired) electrons. The van der Waals surface area contributed by atoms with Gasteiger partial charge in [-0.2, -0.15) is 0 Å². The van der Waals surface area contributed by atoms with Gasteiger partial charge in [0.25, 0.3) is 5.91 Å². The van der Waals surface area contributed by atoms with Crippen LogP contribution >= 0.6 is 0 Å². The molecule has 6 nitrogen and oxygen atoms in total. The molecule has 1 aliphatic rings. The molecule has 1 aromatic heterocycles. The molecular formula is C14H23N3O3. The number of nitrogens with two attached hydrogens (primary N) is 1. The summed E-state index contributed by atoms with van der Waals surface area (Å²) in [6, 6.07) is 2.11. The summed E-state index contributed by atoms with van der Waals surface area (Å²) < 4.78 is 10.6. The largest absolute Gasteiger partial charge is 0.467 e. The average Bonchev–Trinajstić information content (AvgIpc) is 3.21. The van der Waals surface area contributed by atoms with Crippen LogP contribution in [0.5, 0.6) is 0 Å². The van der Waals surface area contributed by atoms with Crippen LogP contribution in [0.3, 0.4) is 0 Å². The Bertz CT molecular complexity index is 443. The summed E-state index contributed by atoms with van der Waals surface area (Å²) in [5, 5.41) is 0. The van der Waals surface area contributed by atoms with Crippen molar-refractivity contribution in [1.82, 2.24) is 10.3 Å². The van der Waals surface area contributed by atoms with Gasteiger partial charge in [0.15, 0.2) is 0 Å². The van der Waals surface area contributed by atoms with E-state index in [0.29, 0.717) is 30.5 Å². The SMILES string of the molecule is COCCN(Cc1occc1C(=O)NN)C(C)C1CC1. The summed E-state index contributed by atoms with van der Waals surface area (Å²) in [4.78, 5) is 14.0. The van der Waals surface area contributed by atoms with E-state index in [2.05, 4.69) is 17.2 Å². The molecule has 2 rings (SSSR count). The van der Waals surface area contributed by atoms with E-state index in [0.717, 1.165) is 12.5 Å². The number of methoxy groups -OCH3 is 1. The van der Waals surface area contributed by atoms with Gasteiger partial charge in [-0.3, -0.25) is 15.1 Å². The highest BCUT2D eigenvalue weighted by atomic mass is 16.5. The first-order chi connectivity index (χ1) is 9.67. The highest BCUT2D eigenvalue weighted by Gasteiger charge is 2.32. The summed E-state index contributed by atoms with van der Waals surface area (Å²) in [7, 11) is 1.69. The lowest BCUT2D eigenvalue weighted by Crippen LogP contribution is -2.37. The lowest BCUT2D eigenvalue weighted by molar-refractivity contribution is 0.0936. The monoisotopic (exact) mass is 281 g/mol. The predicted molar refractivity (Wildman–Crippen MR) is 74.8 cm³/mol. The fourth-order valence-corrected chi connectivity index (χ4v) is 2.44. The Kier molecular flexibility index (Phi) is 5.17. The average molecular weight is 281 g/mol. The Labute approximate surface area is 119 Å². The quantitative estimate of drug-likeness (QED) is 0.424. The van der Waals surface area contributed by atoms with E-state index < -0.39 is 0 Å². The van der Waals surface area contributed by atoms with Gasteiger partial charge in [0.05, 0.1) is 25.0 Å². The van der Waals surface area contributed by atoms with Gasteiger partial charge in [0.2, 0.25) is 0 Å². The number of ether oxygens (including phenoxy) is 1. The third-order valence-electron chi connectivity index (χ3n) is 3.93. The summed E-state index contributed by atoms with van der Waals surface area (Å²) in [5.41, 5.74) is 2.64. The van der Waals surface area contributed by atoms with Gasteiger partial charge in [-0.15, -0.1) is 0 Å². The number of hydrazine groups is 1. The van der Waals surface area contributed by atoms with Crippen LogP contribution in [-0.4, -0.2) is 37.1 Å². The number of carbonyl (C=O) groups is 1. The molecule has 3 N–H and O–H groups in total. The number of amides is 1. The summed E-state index contributed by atoms with van der Waals surface area (Å²) in [6.07, 6.45) is 4.08. The van der Waals surface area contributed by atoms with Gasteiger partial charge in [-0.05, 0) is 31.7 Å². The third kappa shape index (κ3) is 3.59. The second kappa shape index (κ2) is 6.88. The Morgan fingerprint density at radius 1 is 1.65 bits per heavy atom. The summed E-state index contributed by atoms with van der Waals surface area (Å²) >= 11 is 0. The molecular weight excluding hydrogens is 258 g/mol. The lowest BCUT2D eigenvalue weighted by atomic mass is 10.1. The number of nitrogens with one attached hydrogen (secondary N) is 1. The Hall–Kier alpha value is -1.37. The molecule has 20 heavy (non-hydrogen) atoms. The zero-order valence-corrected chi connectivity index (χ0v) is 12.1. The number of nitrogen functional groups attached to an aromatic ring is 1. The highest BCUT2D eigenvalue weighted by Crippen LogP contribution is 2.35. The van der Waals surface area contributed by atoms with Gasteiger partial charge in [-0.1, -0.05) is 0 Å². The normalized spacial score (nSPS) is 16.4. The smallest absolute Gasteiger partial charge is 0.268 e. The van der Waals surface area contributed by atoms with Crippen LogP contribution in [0.1, 0.15) is 35.9 Å². The molecule has 0 bridgehead atoms. The van der Waals surface area contributed by atoms with Crippen LogP contribution in [0, 0.1) is 5.92 Å². The molecule has 0 aliphatic heterocycles. The maximum atomic E-state index is 11.7. The maximum absolute atomic E-state index is 11.7. The molecule has 1 amide bonds. The van der Waals surface area contributed by atoms with Crippen LogP contribution in [0.25, 0.3) is 0 Å². The van der Waals surface area contributed by atoms with E-state index in [1.54, 1.807) is 13.2 Å². The maximum Gasteiger partial charge on any atom is 0.268 e. The number of rotatable bonds is 8. The Morgan fingerprint density at radius 2 is 2.40 bits per heavy atom. The topological polar surface area (TPSA) is 80.7 Å². The first-order valence-electron chi connectivity index (χ1n) is 6.97. The zero-order chi connectivity index (χ0) is 14.5. The highest BCUT2D eigenvalue weighted by molar-refractivity contribution is 5.94. The molecule has 112 valence electrons. The second-order valence-electron chi connectivity index (χ2n) is 5.27. The lowest BCUT2D eigenvalue weighted by Gasteiger charge is -2.28. The van der Waals surface area contributed by atoms with Crippen molar-refractivity contribution < 1.29 is 13.9 Å². The van der Waals surface area contributed by atoms with E-state index in [4.69, 9.17) is 15.0 Å². The van der Waals surface area contributed by atoms with Crippen LogP contribution in [0.4, 0.5) is 0 Å². The van der Waals surface area contributed by atoms with E-state index >= 15 is 0 Å². The Morgan fingerprint density at radius 3 is 3.00 bits per heavy atom. The van der Waals surface area contributed by atoms with Crippen LogP contribution in [0.15, 0.2) is 16.7 Å². The van der Waals surface area contributed by atoms with Crippen molar-refractivity contribution in [2.24, 2.45) is 11.8 Å². The predicted octanol–water partition coefficient (Wildman–Crippen LogP) is 1.13. The number of carbonyl (C=O) groups excluding carboxylic acids is 1. The second-order valence-corrected chi connectivity index (χ2v) is 5.27. The molecule has 6 heteroatoms. The fraction of sp³-hybridized carbons (Fsp3) is 0.643. The molecule has 1 aliphatic carbocycles. The molecule has 1 aromatic rings. The van der Waals surface area contributed by atoms with Crippen molar-refractivity contribution in [2.45, 2.75) is 32.4 Å². The van der Waals surface area contributed by atoms with Crippen molar-refractivity contribution in [2.75, 3.05) is 20.3 Å². The molecule has 0 spiro atoms. The van der Waals surface area contributed by atoms with E-state index in [1.165, 1.54) is 19.1 Å². The molecule has 1 unspecified atom stereocenters. The van der Waals surface area contributed by atoms with Gasteiger partial charge >= 0.3 is 0 Å². The van der Waals surface area contributed by atoms with Crippen molar-refractivity contribution in [3.05, 3.63) is 23.7 Å². The van der Waals surface area contributed by atoms with Crippen molar-refractivity contribution in [3.8, 4) is 0 Å². The first kappa shape index (κ1) is 15.0. The van der Waals surface area contributed by atoms with Gasteiger partial charge in [0.1, 0.15) is 5.76 Å². The van der Waals surface area contributed by atoms with Crippen LogP contribution in [-0.2, 0) is 11.3 Å². The van der Waals surface area contributed by atoms with Gasteiger partial charge in [-0.25, -0.2) is 5.84 Å². The van der Waals surface area contributed by atoms with Crippen molar-refractivity contribution in [3.63, 3.8) is 0 Å². The Balaban J connectivity index is 2.06. The van der Waals surface area contributed by atoms with E-state index in [9.17, 15) is 4.79 Å². The first-order valence-corrected chi connectivity index (χ1v) is 6.97. The summed E-state index contributed by atoms with van der Waals surface area (Å²) in [5.74, 6) is 6.26. The molecule has 1 atom stereocenters. The molecule has 0 aromatic carbocycles. The van der Waals surface area contributed by atoms with E-state index in [-0.39, 0.29) is 5.91 Å². The van der Waals surface area contributed by atoms with Crippen LogP contribution in [0.2, 0.25) is 0 Å². The molecule has 1 saturated carbocycles. The standard InChI is InChI=1S/C14H23N3O3/c1-10(11-3-4-11)17(6-8-19-2)9-13-12(5-7-20-13)14(18)16-15/h5,7,10-11H,3-4,6,8-9,15H2,1-2H3,(H,16,18). The minimum absolute atomic E-state index is 0.320. The van der Waals surface area contributed by atoms with E-state index in [1.807, 2.05) is 0 Å². The zero-order valence-electron chi connectivity index (χ0n) is 12.1. The van der Waals surface area contributed by atoms with Gasteiger partial charge in [0, 0.05) is 19.7 Å². The van der Waals surface area contributed by atoms with Crippen molar-refractivity contribution >= 4 is 5.91 Å². The molecule has 1 heterocycles. The molecule has 1 fully saturated rings. The van der Waals surface area contributed by atoms with Gasteiger partial charge < -0.3 is 9.15 Å². The molecule has 0 saturated heterocycles.